The Balaban J connectivity index is 2.80. The summed E-state index contributed by atoms with van der Waals surface area (Å²) in [7, 11) is 0. The summed E-state index contributed by atoms with van der Waals surface area (Å²) in [4.78, 5) is 9.85. The highest BCUT2D eigenvalue weighted by molar-refractivity contribution is 5.76. The summed E-state index contributed by atoms with van der Waals surface area (Å²) in [5.74, 6) is -11.9. The minimum Gasteiger partial charge on any atom is -0.481 e. The van der Waals surface area contributed by atoms with Crippen LogP contribution in [0.1, 0.15) is 0 Å². The zero-order valence-electron chi connectivity index (χ0n) is 5.40. The fraction of sp³-hybridized carbons (Fsp3) is 0.800. The van der Waals surface area contributed by atoms with E-state index in [1.807, 2.05) is 0 Å². The van der Waals surface area contributed by atoms with Gasteiger partial charge in [-0.3, -0.25) is 4.79 Å². The van der Waals surface area contributed by atoms with Gasteiger partial charge in [-0.15, -0.1) is 0 Å². The van der Waals surface area contributed by atoms with Crippen molar-refractivity contribution in [1.29, 1.82) is 0 Å². The Bertz CT molecular complexity index is 220. The Morgan fingerprint density at radius 2 is 1.75 bits per heavy atom. The highest BCUT2D eigenvalue weighted by Gasteiger charge is 2.82. The molecular weight excluding hydrogens is 187 g/mol. The van der Waals surface area contributed by atoms with Crippen LogP contribution in [-0.2, 0) is 4.79 Å². The third kappa shape index (κ3) is 1.12. The fourth-order valence-electron chi connectivity index (χ4n) is 1.04. The average Bonchev–Trinajstić information content (AvgIpc) is 2.31. The molecular formula is C5H3F5O2. The number of halogens is 5. The van der Waals surface area contributed by atoms with Crippen LogP contribution in [0.3, 0.4) is 0 Å². The first-order chi connectivity index (χ1) is 5.19. The van der Waals surface area contributed by atoms with E-state index in [0.29, 0.717) is 0 Å². The second-order valence-corrected chi connectivity index (χ2v) is 2.51. The lowest BCUT2D eigenvalue weighted by Gasteiger charge is -2.01. The molecule has 12 heavy (non-hydrogen) atoms. The number of carbonyl (C=O) groups is 1. The number of hydrogen-bond donors (Lipinski definition) is 1. The number of carboxylic acid groups (broad SMARTS) is 1. The number of alkyl halides is 5. The molecule has 7 heteroatoms. The number of aliphatic carboxylic acids is 1. The maximum Gasteiger partial charge on any atom is 0.398 e. The van der Waals surface area contributed by atoms with Crippen molar-refractivity contribution in [1.82, 2.24) is 0 Å². The molecule has 70 valence electrons. The molecule has 1 fully saturated rings. The molecule has 1 N–H and O–H groups in total. The van der Waals surface area contributed by atoms with Crippen LogP contribution in [0, 0.1) is 11.8 Å². The van der Waals surface area contributed by atoms with Crippen LogP contribution in [-0.4, -0.2) is 23.2 Å². The second kappa shape index (κ2) is 2.08. The molecule has 1 rings (SSSR count). The maximum absolute atomic E-state index is 12.1. The molecule has 1 aliphatic carbocycles. The Morgan fingerprint density at radius 3 is 1.83 bits per heavy atom. The fourth-order valence-corrected chi connectivity index (χ4v) is 1.04. The van der Waals surface area contributed by atoms with E-state index >= 15 is 0 Å². The predicted octanol–water partition coefficient (Wildman–Crippen LogP) is 1.51. The van der Waals surface area contributed by atoms with Crippen molar-refractivity contribution in [3.63, 3.8) is 0 Å². The van der Waals surface area contributed by atoms with Gasteiger partial charge in [0, 0.05) is 0 Å². The molecule has 1 aliphatic rings. The van der Waals surface area contributed by atoms with Gasteiger partial charge in [-0.05, 0) is 0 Å². The van der Waals surface area contributed by atoms with Crippen LogP contribution in [0.25, 0.3) is 0 Å². The normalized spacial score (nSPS) is 33.1. The Kier molecular flexibility index (Phi) is 1.60. The van der Waals surface area contributed by atoms with E-state index in [0.717, 1.165) is 0 Å². The quantitative estimate of drug-likeness (QED) is 0.636. The van der Waals surface area contributed by atoms with Gasteiger partial charge in [0.2, 0.25) is 0 Å². The molecule has 0 aromatic carbocycles. The Hall–Kier alpha value is -0.880. The molecule has 0 heterocycles. The van der Waals surface area contributed by atoms with E-state index in [4.69, 9.17) is 5.11 Å². The van der Waals surface area contributed by atoms with Crippen molar-refractivity contribution in [2.24, 2.45) is 11.8 Å². The number of rotatable bonds is 1. The van der Waals surface area contributed by atoms with Gasteiger partial charge in [-0.2, -0.15) is 13.2 Å². The van der Waals surface area contributed by atoms with Crippen molar-refractivity contribution < 1.29 is 31.9 Å². The lowest BCUT2D eigenvalue weighted by atomic mass is 10.3. The van der Waals surface area contributed by atoms with Gasteiger partial charge in [0.05, 0.1) is 0 Å². The van der Waals surface area contributed by atoms with Crippen molar-refractivity contribution in [3.8, 4) is 0 Å². The summed E-state index contributed by atoms with van der Waals surface area (Å²) in [6.07, 6.45) is -5.13. The molecule has 0 unspecified atom stereocenters. The predicted molar refractivity (Wildman–Crippen MR) is 25.6 cm³/mol. The smallest absolute Gasteiger partial charge is 0.398 e. The van der Waals surface area contributed by atoms with Gasteiger partial charge in [0.1, 0.15) is 11.8 Å². The first kappa shape index (κ1) is 9.21. The van der Waals surface area contributed by atoms with Gasteiger partial charge >= 0.3 is 12.1 Å². The number of hydrogen-bond acceptors (Lipinski definition) is 1. The molecule has 0 aliphatic heterocycles. The lowest BCUT2D eigenvalue weighted by Crippen LogP contribution is -2.16. The van der Waals surface area contributed by atoms with Gasteiger partial charge in [0.15, 0.2) is 0 Å². The van der Waals surface area contributed by atoms with Crippen molar-refractivity contribution in [3.05, 3.63) is 0 Å². The topological polar surface area (TPSA) is 37.3 Å². The number of carboxylic acids is 1. The lowest BCUT2D eigenvalue weighted by molar-refractivity contribution is -0.170. The summed E-state index contributed by atoms with van der Waals surface area (Å²) >= 11 is 0. The molecule has 0 aromatic heterocycles. The second-order valence-electron chi connectivity index (χ2n) is 2.51. The van der Waals surface area contributed by atoms with E-state index in [2.05, 4.69) is 0 Å². The monoisotopic (exact) mass is 190 g/mol. The summed E-state index contributed by atoms with van der Waals surface area (Å²) in [6, 6.07) is 0. The van der Waals surface area contributed by atoms with Gasteiger partial charge < -0.3 is 5.11 Å². The van der Waals surface area contributed by atoms with Crippen molar-refractivity contribution in [2.45, 2.75) is 12.1 Å². The summed E-state index contributed by atoms with van der Waals surface area (Å²) in [6.45, 7) is 0. The van der Waals surface area contributed by atoms with Crippen LogP contribution in [0.4, 0.5) is 22.0 Å². The van der Waals surface area contributed by atoms with E-state index in [9.17, 15) is 26.7 Å². The van der Waals surface area contributed by atoms with Crippen molar-refractivity contribution in [2.75, 3.05) is 0 Å². The van der Waals surface area contributed by atoms with Gasteiger partial charge in [-0.1, -0.05) is 0 Å². The molecule has 0 radical (unpaired) electrons. The van der Waals surface area contributed by atoms with E-state index < -0.39 is 29.9 Å². The average molecular weight is 190 g/mol. The molecule has 0 saturated heterocycles. The minimum absolute atomic E-state index is 2.11. The van der Waals surface area contributed by atoms with Crippen LogP contribution in [0.15, 0.2) is 0 Å². The van der Waals surface area contributed by atoms with Crippen molar-refractivity contribution >= 4 is 5.97 Å². The molecule has 0 spiro atoms. The largest absolute Gasteiger partial charge is 0.481 e. The standard InChI is InChI=1S/C5H3F5O2/c6-4(7)1(3(11)12)2(4)5(8,9)10/h1-2H,(H,11,12)/t1-,2-/m1/s1. The van der Waals surface area contributed by atoms with E-state index in [1.54, 1.807) is 0 Å². The van der Waals surface area contributed by atoms with Crippen LogP contribution < -0.4 is 0 Å². The first-order valence-corrected chi connectivity index (χ1v) is 2.86. The zero-order chi connectivity index (χ0) is 9.73. The van der Waals surface area contributed by atoms with E-state index in [1.165, 1.54) is 0 Å². The highest BCUT2D eigenvalue weighted by Crippen LogP contribution is 2.62. The third-order valence-corrected chi connectivity index (χ3v) is 1.67. The SMILES string of the molecule is O=C(O)[C@H]1[C@@H](C(F)(F)F)C1(F)F. The summed E-state index contributed by atoms with van der Waals surface area (Å²) in [5, 5.41) is 7.94. The van der Waals surface area contributed by atoms with E-state index in [-0.39, 0.29) is 0 Å². The Labute approximate surface area is 63.0 Å². The summed E-state index contributed by atoms with van der Waals surface area (Å²) in [5.41, 5.74) is 0. The first-order valence-electron chi connectivity index (χ1n) is 2.86. The third-order valence-electron chi connectivity index (χ3n) is 1.67. The van der Waals surface area contributed by atoms with Crippen LogP contribution >= 0.6 is 0 Å². The Morgan fingerprint density at radius 1 is 1.33 bits per heavy atom. The maximum atomic E-state index is 12.1. The molecule has 1 saturated carbocycles. The minimum atomic E-state index is -5.13. The summed E-state index contributed by atoms with van der Waals surface area (Å²) < 4.78 is 59.0. The molecule has 2 atom stereocenters. The van der Waals surface area contributed by atoms with Gasteiger partial charge in [0.25, 0.3) is 5.92 Å². The highest BCUT2D eigenvalue weighted by atomic mass is 19.4. The van der Waals surface area contributed by atoms with Crippen LogP contribution in [0.2, 0.25) is 0 Å². The van der Waals surface area contributed by atoms with Crippen LogP contribution in [0.5, 0.6) is 0 Å². The zero-order valence-corrected chi connectivity index (χ0v) is 5.40. The molecule has 0 bridgehead atoms. The molecule has 0 aromatic rings. The molecule has 2 nitrogen and oxygen atoms in total. The van der Waals surface area contributed by atoms with Gasteiger partial charge in [-0.25, -0.2) is 8.78 Å². The molecule has 0 amide bonds.